The third kappa shape index (κ3) is 5.38. The van der Waals surface area contributed by atoms with Gasteiger partial charge in [-0.15, -0.1) is 11.8 Å². The summed E-state index contributed by atoms with van der Waals surface area (Å²) < 4.78 is 33.2. The third-order valence-electron chi connectivity index (χ3n) is 6.12. The summed E-state index contributed by atoms with van der Waals surface area (Å²) in [6.07, 6.45) is 4.47. The quantitative estimate of drug-likeness (QED) is 0.560. The molecule has 0 aromatic heterocycles. The van der Waals surface area contributed by atoms with Gasteiger partial charge in [-0.3, -0.25) is 19.3 Å². The van der Waals surface area contributed by atoms with Crippen LogP contribution >= 0.6 is 11.8 Å². The Bertz CT molecular complexity index is 1120. The Balaban J connectivity index is 1.33. The zero-order valence-corrected chi connectivity index (χ0v) is 20.5. The van der Waals surface area contributed by atoms with Crippen LogP contribution in [0, 0.1) is 0 Å². The molecule has 0 spiro atoms. The molecule has 12 heteroatoms. The molecule has 2 fully saturated rings. The van der Waals surface area contributed by atoms with E-state index in [2.05, 4.69) is 15.0 Å². The largest absolute Gasteiger partial charge is 0.454 e. The van der Waals surface area contributed by atoms with Crippen molar-refractivity contribution in [3.63, 3.8) is 0 Å². The highest BCUT2D eigenvalue weighted by Crippen LogP contribution is 2.47. The van der Waals surface area contributed by atoms with E-state index < -0.39 is 39.4 Å². The van der Waals surface area contributed by atoms with Gasteiger partial charge < -0.3 is 15.0 Å². The molecule has 34 heavy (non-hydrogen) atoms. The van der Waals surface area contributed by atoms with E-state index in [9.17, 15) is 22.8 Å². The molecule has 4 rings (SSSR count). The normalized spacial score (nSPS) is 24.7. The van der Waals surface area contributed by atoms with Crippen molar-refractivity contribution in [2.75, 3.05) is 24.2 Å². The van der Waals surface area contributed by atoms with Crippen molar-refractivity contribution in [1.82, 2.24) is 9.62 Å². The number of anilines is 1. The number of hydrogen-bond donors (Lipinski definition) is 2. The van der Waals surface area contributed by atoms with Crippen molar-refractivity contribution in [3.05, 3.63) is 24.3 Å². The second-order valence-corrected chi connectivity index (χ2v) is 11.9. The van der Waals surface area contributed by atoms with E-state index in [0.717, 1.165) is 19.3 Å². The van der Waals surface area contributed by atoms with E-state index in [1.807, 2.05) is 6.92 Å². The molecule has 2 unspecified atom stereocenters. The van der Waals surface area contributed by atoms with Gasteiger partial charge in [-0.2, -0.15) is 0 Å². The van der Waals surface area contributed by atoms with Crippen LogP contribution in [0.1, 0.15) is 45.4 Å². The summed E-state index contributed by atoms with van der Waals surface area (Å²) in [5, 5.41) is 2.55. The molecule has 10 nitrogen and oxygen atoms in total. The van der Waals surface area contributed by atoms with Crippen LogP contribution in [0.25, 0.3) is 0 Å². The molecule has 0 saturated carbocycles. The maximum Gasteiger partial charge on any atom is 0.330 e. The highest BCUT2D eigenvalue weighted by Gasteiger charge is 2.53. The van der Waals surface area contributed by atoms with Gasteiger partial charge in [-0.05, 0) is 44.4 Å². The molecular weight excluding hydrogens is 480 g/mol. The smallest absolute Gasteiger partial charge is 0.330 e. The van der Waals surface area contributed by atoms with Crippen molar-refractivity contribution in [2.24, 2.45) is 4.99 Å². The number of sulfonamides is 1. The van der Waals surface area contributed by atoms with E-state index in [1.54, 1.807) is 22.7 Å². The maximum atomic E-state index is 12.7. The first kappa shape index (κ1) is 24.5. The predicted molar refractivity (Wildman–Crippen MR) is 128 cm³/mol. The van der Waals surface area contributed by atoms with E-state index >= 15 is 0 Å². The number of ether oxygens (including phenoxy) is 1. The number of carbonyl (C=O) groups is 3. The second kappa shape index (κ2) is 9.95. The van der Waals surface area contributed by atoms with Crippen molar-refractivity contribution in [2.45, 2.75) is 61.3 Å². The molecule has 2 atom stereocenters. The van der Waals surface area contributed by atoms with Gasteiger partial charge >= 0.3 is 5.97 Å². The summed E-state index contributed by atoms with van der Waals surface area (Å²) >= 11 is 1.54. The van der Waals surface area contributed by atoms with Gasteiger partial charge in [0.05, 0.1) is 9.77 Å². The molecule has 1 aromatic rings. The number of thioether (sulfide) groups is 1. The fraction of sp³-hybridized carbons (Fsp3) is 0.545. The Morgan fingerprint density at radius 1 is 1.26 bits per heavy atom. The van der Waals surface area contributed by atoms with Crippen molar-refractivity contribution in [3.8, 4) is 0 Å². The fourth-order valence-corrected chi connectivity index (χ4v) is 6.89. The Morgan fingerprint density at radius 2 is 2.09 bits per heavy atom. The third-order valence-corrected chi connectivity index (χ3v) is 9.00. The van der Waals surface area contributed by atoms with Gasteiger partial charge in [0.1, 0.15) is 11.9 Å². The fourth-order valence-electron chi connectivity index (χ4n) is 4.34. The molecule has 1 aromatic carbocycles. The maximum absolute atomic E-state index is 12.7. The zero-order chi connectivity index (χ0) is 24.3. The molecule has 0 aliphatic carbocycles. The molecule has 3 aliphatic heterocycles. The Morgan fingerprint density at radius 3 is 2.91 bits per heavy atom. The van der Waals surface area contributed by atoms with Crippen molar-refractivity contribution >= 4 is 51.1 Å². The van der Waals surface area contributed by atoms with Crippen LogP contribution < -0.4 is 10.0 Å². The number of esters is 1. The number of nitrogens with one attached hydrogen (secondary N) is 2. The molecule has 0 bridgehead atoms. The average molecular weight is 509 g/mol. The highest BCUT2D eigenvalue weighted by atomic mass is 32.2. The highest BCUT2D eigenvalue weighted by molar-refractivity contribution is 8.01. The first-order chi connectivity index (χ1) is 16.2. The zero-order valence-electron chi connectivity index (χ0n) is 18.9. The molecule has 2 N–H and O–H groups in total. The van der Waals surface area contributed by atoms with Crippen LogP contribution in [0.5, 0.6) is 0 Å². The minimum atomic E-state index is -3.85. The Labute approximate surface area is 202 Å². The van der Waals surface area contributed by atoms with Crippen LogP contribution in [0.15, 0.2) is 34.2 Å². The predicted octanol–water partition coefficient (Wildman–Crippen LogP) is 1.87. The number of carbonyl (C=O) groups excluding carboxylic acids is 3. The number of benzene rings is 1. The lowest BCUT2D eigenvalue weighted by atomic mass is 10.2. The van der Waals surface area contributed by atoms with Crippen LogP contribution in [0.2, 0.25) is 0 Å². The van der Waals surface area contributed by atoms with Gasteiger partial charge in [0.2, 0.25) is 5.91 Å². The van der Waals surface area contributed by atoms with Crippen LogP contribution in [0.3, 0.4) is 0 Å². The number of amidine groups is 1. The monoisotopic (exact) mass is 508 g/mol. The van der Waals surface area contributed by atoms with Gasteiger partial charge in [0.15, 0.2) is 6.61 Å². The molecule has 184 valence electrons. The minimum absolute atomic E-state index is 0.0101. The van der Waals surface area contributed by atoms with Gasteiger partial charge in [-0.25, -0.2) is 13.2 Å². The topological polar surface area (TPSA) is 134 Å². The molecule has 0 radical (unpaired) electrons. The molecule has 3 aliphatic rings. The number of hydrogen-bond acceptors (Lipinski definition) is 8. The lowest BCUT2D eigenvalue weighted by Crippen LogP contribution is -2.47. The minimum Gasteiger partial charge on any atom is -0.454 e. The van der Waals surface area contributed by atoms with Crippen LogP contribution in [0.4, 0.5) is 5.69 Å². The lowest BCUT2D eigenvalue weighted by Gasteiger charge is -2.29. The van der Waals surface area contributed by atoms with E-state index in [1.165, 1.54) is 18.2 Å². The summed E-state index contributed by atoms with van der Waals surface area (Å²) in [5.74, 6) is -0.436. The van der Waals surface area contributed by atoms with Gasteiger partial charge in [0.25, 0.3) is 15.9 Å². The Hall–Kier alpha value is -2.60. The number of fused-ring (bicyclic) bond motifs is 1. The van der Waals surface area contributed by atoms with E-state index in [4.69, 9.17) is 4.74 Å². The number of rotatable bonds is 6. The molecule has 3 heterocycles. The molecular formula is C22H28N4O6S2. The first-order valence-electron chi connectivity index (χ1n) is 11.3. The van der Waals surface area contributed by atoms with Gasteiger partial charge in [0, 0.05) is 30.8 Å². The van der Waals surface area contributed by atoms with Crippen LogP contribution in [-0.4, -0.2) is 66.8 Å². The van der Waals surface area contributed by atoms with E-state index in [-0.39, 0.29) is 16.5 Å². The summed E-state index contributed by atoms with van der Waals surface area (Å²) in [4.78, 5) is 42.5. The summed E-state index contributed by atoms with van der Waals surface area (Å²) in [6.45, 7) is 1.99. The number of amides is 2. The second-order valence-electron chi connectivity index (χ2n) is 8.69. The average Bonchev–Trinajstić information content (AvgIpc) is 3.15. The summed E-state index contributed by atoms with van der Waals surface area (Å²) in [7, 11) is -3.85. The standard InChI is InChI=1S/C22H28N4O6S2/c1-22-10-9-20(28)26(22)17(14-33-22)21(29)32-13-19(27)24-15-6-5-7-16(12-15)34(30,31)25-18-8-3-2-4-11-23-18/h5-7,12,17H,2-4,8-11,13-14H2,1H3,(H,23,25)(H,24,27). The summed E-state index contributed by atoms with van der Waals surface area (Å²) in [5.41, 5.74) is 0.255. The lowest BCUT2D eigenvalue weighted by molar-refractivity contribution is -0.155. The first-order valence-corrected chi connectivity index (χ1v) is 13.7. The van der Waals surface area contributed by atoms with E-state index in [0.29, 0.717) is 37.4 Å². The summed E-state index contributed by atoms with van der Waals surface area (Å²) in [6, 6.07) is 5.12. The molecule has 2 amide bonds. The van der Waals surface area contributed by atoms with Crippen molar-refractivity contribution < 1.29 is 27.5 Å². The SMILES string of the molecule is CC12CCC(=O)N1C(C(=O)OCC(=O)Nc1cccc(S(=O)(=O)NC3=NCCCCC3)c1)CS2. The van der Waals surface area contributed by atoms with Gasteiger partial charge in [-0.1, -0.05) is 12.5 Å². The molecule has 2 saturated heterocycles. The van der Waals surface area contributed by atoms with Crippen molar-refractivity contribution in [1.29, 1.82) is 0 Å². The number of nitrogens with zero attached hydrogens (tertiary/aromatic N) is 2. The Kier molecular flexibility index (Phi) is 7.17. The number of aliphatic imine (C=N–C) groups is 1. The van der Waals surface area contributed by atoms with Crippen LogP contribution in [-0.2, 0) is 29.1 Å².